The van der Waals surface area contributed by atoms with Crippen LogP contribution in [0.15, 0.2) is 48.5 Å². The molecule has 0 bridgehead atoms. The Balaban J connectivity index is 0.000000191. The van der Waals surface area contributed by atoms with E-state index in [1.165, 1.54) is 49.7 Å². The first kappa shape index (κ1) is 30.2. The summed E-state index contributed by atoms with van der Waals surface area (Å²) in [4.78, 5) is 14.0. The molecule has 40 heavy (non-hydrogen) atoms. The molecular weight excluding hydrogens is 500 g/mol. The lowest BCUT2D eigenvalue weighted by atomic mass is 9.89. The average Bonchev–Trinajstić information content (AvgIpc) is 3.87. The Morgan fingerprint density at radius 2 is 1.18 bits per heavy atom. The lowest BCUT2D eigenvalue weighted by molar-refractivity contribution is 0.0204. The van der Waals surface area contributed by atoms with E-state index < -0.39 is 5.60 Å². The third-order valence-electron chi connectivity index (χ3n) is 7.84. The average molecular weight is 551 g/mol. The van der Waals surface area contributed by atoms with Crippen LogP contribution in [0, 0.1) is 0 Å². The maximum atomic E-state index is 12.2. The minimum atomic E-state index is -0.432. The molecular formula is C34H50N2O4. The van der Waals surface area contributed by atoms with Gasteiger partial charge in [0.25, 0.3) is 0 Å². The van der Waals surface area contributed by atoms with Gasteiger partial charge < -0.3 is 24.4 Å². The van der Waals surface area contributed by atoms with Crippen molar-refractivity contribution < 1.29 is 19.0 Å². The van der Waals surface area contributed by atoms with E-state index in [-0.39, 0.29) is 13.5 Å². The van der Waals surface area contributed by atoms with E-state index in [0.29, 0.717) is 24.0 Å². The Bertz CT molecular complexity index is 1080. The summed E-state index contributed by atoms with van der Waals surface area (Å²) in [6.07, 6.45) is 9.95. The van der Waals surface area contributed by atoms with E-state index in [0.717, 1.165) is 50.5 Å². The first-order valence-corrected chi connectivity index (χ1v) is 15.1. The Kier molecular flexibility index (Phi) is 10.4. The normalized spacial score (nSPS) is 20.0. The molecule has 0 unspecified atom stereocenters. The number of benzene rings is 2. The summed E-state index contributed by atoms with van der Waals surface area (Å²) in [5.74, 6) is 3.32. The standard InChI is InChI=1S/C19H27NO3.C14H19NO.CH4/c1-19(2,3)23-18(21)20-12-10-14(11-13-20)16-6-4-5-7-17(16)22-15-8-9-15;1-2-4-14(16-12-5-6-12)13(3-1)11-7-9-15-10-8-11;/h4-7,14-15H,8-13H2,1-3H3;1-4,11-12,15H,5-10H2;1H4. The minimum Gasteiger partial charge on any atom is -0.490 e. The molecule has 2 aliphatic heterocycles. The molecule has 0 radical (unpaired) electrons. The van der Waals surface area contributed by atoms with Crippen molar-refractivity contribution in [3.8, 4) is 11.5 Å². The summed E-state index contributed by atoms with van der Waals surface area (Å²) in [6, 6.07) is 17.0. The second-order valence-electron chi connectivity index (χ2n) is 12.5. The summed E-state index contributed by atoms with van der Waals surface area (Å²) in [5, 5.41) is 3.42. The van der Waals surface area contributed by atoms with E-state index >= 15 is 0 Å². The molecule has 2 aromatic rings. The number of carbonyl (C=O) groups excluding carboxylic acids is 1. The summed E-state index contributed by atoms with van der Waals surface area (Å²) in [5.41, 5.74) is 2.29. The van der Waals surface area contributed by atoms with Crippen molar-refractivity contribution >= 4 is 6.09 Å². The van der Waals surface area contributed by atoms with Crippen LogP contribution in [0.2, 0.25) is 0 Å². The number of carbonyl (C=O) groups is 1. The van der Waals surface area contributed by atoms with Gasteiger partial charge in [0.2, 0.25) is 0 Å². The molecule has 0 aromatic heterocycles. The van der Waals surface area contributed by atoms with Gasteiger partial charge in [0.15, 0.2) is 0 Å². The molecule has 6 heteroatoms. The predicted molar refractivity (Wildman–Crippen MR) is 162 cm³/mol. The number of nitrogens with one attached hydrogen (secondary N) is 1. The van der Waals surface area contributed by atoms with Gasteiger partial charge in [0, 0.05) is 13.1 Å². The van der Waals surface area contributed by atoms with E-state index in [1.54, 1.807) is 0 Å². The van der Waals surface area contributed by atoms with Crippen LogP contribution in [0.4, 0.5) is 4.79 Å². The summed E-state index contributed by atoms with van der Waals surface area (Å²) in [7, 11) is 0. The number of para-hydroxylation sites is 2. The molecule has 2 saturated heterocycles. The molecule has 4 aliphatic rings. The van der Waals surface area contributed by atoms with Crippen molar-refractivity contribution in [2.45, 2.75) is 109 Å². The molecule has 2 aliphatic carbocycles. The maximum Gasteiger partial charge on any atom is 0.410 e. The SMILES string of the molecule is C.CC(C)(C)OC(=O)N1CCC(c2ccccc2OC2CC2)CC1.c1ccc(C2CCNCC2)c(OC2CC2)c1. The third-order valence-corrected chi connectivity index (χ3v) is 7.84. The highest BCUT2D eigenvalue weighted by Gasteiger charge is 2.30. The summed E-state index contributed by atoms with van der Waals surface area (Å²) >= 11 is 0. The lowest BCUT2D eigenvalue weighted by Gasteiger charge is -2.34. The number of hydrogen-bond acceptors (Lipinski definition) is 5. The van der Waals surface area contributed by atoms with Gasteiger partial charge in [-0.3, -0.25) is 0 Å². The Morgan fingerprint density at radius 1 is 0.725 bits per heavy atom. The zero-order chi connectivity index (χ0) is 27.2. The largest absolute Gasteiger partial charge is 0.490 e. The highest BCUT2D eigenvalue weighted by Crippen LogP contribution is 2.38. The van der Waals surface area contributed by atoms with E-state index in [9.17, 15) is 4.79 Å². The zero-order valence-corrected chi connectivity index (χ0v) is 24.0. The first-order valence-electron chi connectivity index (χ1n) is 15.1. The quantitative estimate of drug-likeness (QED) is 0.400. The van der Waals surface area contributed by atoms with Crippen LogP contribution in [-0.4, -0.2) is 55.0 Å². The Hall–Kier alpha value is -2.73. The van der Waals surface area contributed by atoms with Gasteiger partial charge in [-0.1, -0.05) is 43.8 Å². The van der Waals surface area contributed by atoms with Gasteiger partial charge in [-0.15, -0.1) is 0 Å². The zero-order valence-electron chi connectivity index (χ0n) is 24.0. The van der Waals surface area contributed by atoms with Crippen LogP contribution in [0.25, 0.3) is 0 Å². The van der Waals surface area contributed by atoms with Gasteiger partial charge >= 0.3 is 6.09 Å². The van der Waals surface area contributed by atoms with Crippen molar-refractivity contribution in [2.75, 3.05) is 26.2 Å². The summed E-state index contributed by atoms with van der Waals surface area (Å²) in [6.45, 7) is 9.49. The number of ether oxygens (including phenoxy) is 3. The Labute approximate surface area is 241 Å². The van der Waals surface area contributed by atoms with Gasteiger partial charge in [0.05, 0.1) is 12.2 Å². The van der Waals surface area contributed by atoms with Gasteiger partial charge in [-0.2, -0.15) is 0 Å². The molecule has 6 nitrogen and oxygen atoms in total. The van der Waals surface area contributed by atoms with E-state index in [2.05, 4.69) is 47.8 Å². The highest BCUT2D eigenvalue weighted by molar-refractivity contribution is 5.68. The minimum absolute atomic E-state index is 0. The van der Waals surface area contributed by atoms with Crippen LogP contribution in [0.3, 0.4) is 0 Å². The van der Waals surface area contributed by atoms with Crippen molar-refractivity contribution in [1.82, 2.24) is 10.2 Å². The molecule has 6 rings (SSSR count). The second-order valence-corrected chi connectivity index (χ2v) is 12.5. The number of likely N-dealkylation sites (tertiary alicyclic amines) is 1. The molecule has 2 aromatic carbocycles. The molecule has 1 N–H and O–H groups in total. The lowest BCUT2D eigenvalue weighted by Crippen LogP contribution is -2.41. The fourth-order valence-corrected chi connectivity index (χ4v) is 5.41. The fourth-order valence-electron chi connectivity index (χ4n) is 5.41. The van der Waals surface area contributed by atoms with Crippen molar-refractivity contribution in [1.29, 1.82) is 0 Å². The molecule has 2 saturated carbocycles. The van der Waals surface area contributed by atoms with Crippen LogP contribution < -0.4 is 14.8 Å². The van der Waals surface area contributed by atoms with Crippen LogP contribution in [0.1, 0.15) is 103 Å². The Morgan fingerprint density at radius 3 is 1.62 bits per heavy atom. The molecule has 0 atom stereocenters. The van der Waals surface area contributed by atoms with Crippen LogP contribution in [-0.2, 0) is 4.74 Å². The third kappa shape index (κ3) is 8.89. The maximum absolute atomic E-state index is 12.2. The molecule has 1 amide bonds. The number of piperidine rings is 2. The van der Waals surface area contributed by atoms with E-state index in [1.807, 2.05) is 31.7 Å². The topological polar surface area (TPSA) is 60.0 Å². The van der Waals surface area contributed by atoms with Crippen LogP contribution in [0.5, 0.6) is 11.5 Å². The smallest absolute Gasteiger partial charge is 0.410 e. The molecule has 220 valence electrons. The number of amides is 1. The van der Waals surface area contributed by atoms with Gasteiger partial charge in [-0.25, -0.2) is 4.79 Å². The molecule has 0 spiro atoms. The van der Waals surface area contributed by atoms with Crippen LogP contribution >= 0.6 is 0 Å². The van der Waals surface area contributed by atoms with Gasteiger partial charge in [-0.05, 0) is 120 Å². The first-order chi connectivity index (χ1) is 18.9. The van der Waals surface area contributed by atoms with Crippen molar-refractivity contribution in [3.63, 3.8) is 0 Å². The highest BCUT2D eigenvalue weighted by atomic mass is 16.6. The van der Waals surface area contributed by atoms with Gasteiger partial charge in [0.1, 0.15) is 17.1 Å². The predicted octanol–water partition coefficient (Wildman–Crippen LogP) is 7.67. The van der Waals surface area contributed by atoms with Crippen molar-refractivity contribution in [3.05, 3.63) is 59.7 Å². The van der Waals surface area contributed by atoms with E-state index in [4.69, 9.17) is 14.2 Å². The second kappa shape index (κ2) is 13.8. The molecule has 2 heterocycles. The number of hydrogen-bond donors (Lipinski definition) is 1. The number of nitrogens with zero attached hydrogens (tertiary/aromatic N) is 1. The number of rotatable bonds is 6. The fraction of sp³-hybridized carbons (Fsp3) is 0.618. The van der Waals surface area contributed by atoms with Crippen molar-refractivity contribution in [2.24, 2.45) is 0 Å². The monoisotopic (exact) mass is 550 g/mol. The molecule has 4 fully saturated rings. The summed E-state index contributed by atoms with van der Waals surface area (Å²) < 4.78 is 17.5.